The molecule has 0 spiro atoms. The molecule has 0 radical (unpaired) electrons. The Hall–Kier alpha value is -0.570. The van der Waals surface area contributed by atoms with Crippen LogP contribution < -0.4 is 5.32 Å². The van der Waals surface area contributed by atoms with E-state index in [9.17, 15) is 0 Å². The zero-order valence-corrected chi connectivity index (χ0v) is 12.8. The fraction of sp³-hybridized carbons (Fsp3) is 0.467. The van der Waals surface area contributed by atoms with Gasteiger partial charge in [0.2, 0.25) is 0 Å². The number of thiophene rings is 1. The molecule has 0 fully saturated rings. The summed E-state index contributed by atoms with van der Waals surface area (Å²) in [5.74, 6) is 0. The molecular formula is C15H20ClNS. The number of nitrogens with one attached hydrogen (secondary N) is 1. The molecule has 2 aromatic rings. The molecule has 2 rings (SSSR count). The van der Waals surface area contributed by atoms with E-state index in [4.69, 9.17) is 11.6 Å². The molecule has 98 valence electrons. The highest BCUT2D eigenvalue weighted by molar-refractivity contribution is 7.19. The lowest BCUT2D eigenvalue weighted by Crippen LogP contribution is -2.40. The molecule has 0 unspecified atom stereocenters. The lowest BCUT2D eigenvalue weighted by atomic mass is 9.95. The van der Waals surface area contributed by atoms with Crippen molar-refractivity contribution in [2.45, 2.75) is 45.7 Å². The maximum Gasteiger partial charge on any atom is 0.0636 e. The molecular weight excluding hydrogens is 262 g/mol. The molecule has 0 atom stereocenters. The van der Waals surface area contributed by atoms with Gasteiger partial charge in [-0.25, -0.2) is 0 Å². The minimum absolute atomic E-state index is 0.208. The summed E-state index contributed by atoms with van der Waals surface area (Å²) >= 11 is 8.23. The Morgan fingerprint density at radius 1 is 1.22 bits per heavy atom. The number of benzene rings is 1. The number of rotatable bonds is 5. The highest BCUT2D eigenvalue weighted by Crippen LogP contribution is 2.35. The number of halogens is 1. The molecule has 0 bridgehead atoms. The van der Waals surface area contributed by atoms with Crippen LogP contribution in [0, 0.1) is 0 Å². The van der Waals surface area contributed by atoms with Gasteiger partial charge in [0.15, 0.2) is 0 Å². The van der Waals surface area contributed by atoms with Crippen molar-refractivity contribution in [2.24, 2.45) is 0 Å². The first-order valence-electron chi connectivity index (χ1n) is 6.50. The van der Waals surface area contributed by atoms with Crippen molar-refractivity contribution in [1.29, 1.82) is 0 Å². The van der Waals surface area contributed by atoms with Gasteiger partial charge in [-0.05, 0) is 25.8 Å². The van der Waals surface area contributed by atoms with E-state index in [0.717, 1.165) is 24.4 Å². The van der Waals surface area contributed by atoms with Gasteiger partial charge in [-0.15, -0.1) is 11.3 Å². The van der Waals surface area contributed by atoms with Crippen molar-refractivity contribution >= 4 is 33.0 Å². The van der Waals surface area contributed by atoms with Gasteiger partial charge in [-0.2, -0.15) is 0 Å². The number of fused-ring (bicyclic) bond motifs is 1. The molecule has 0 saturated carbocycles. The fourth-order valence-electron chi connectivity index (χ4n) is 1.97. The van der Waals surface area contributed by atoms with E-state index in [-0.39, 0.29) is 5.54 Å². The average Bonchev–Trinajstić information content (AvgIpc) is 2.73. The molecule has 3 heteroatoms. The zero-order chi connectivity index (χ0) is 13.2. The normalized spacial score (nSPS) is 12.2. The molecule has 18 heavy (non-hydrogen) atoms. The van der Waals surface area contributed by atoms with Gasteiger partial charge in [-0.3, -0.25) is 0 Å². The Labute approximate surface area is 118 Å². The lowest BCUT2D eigenvalue weighted by Gasteiger charge is -2.28. The Balaban J connectivity index is 2.20. The highest BCUT2D eigenvalue weighted by atomic mass is 35.5. The topological polar surface area (TPSA) is 12.0 Å². The van der Waals surface area contributed by atoms with Crippen LogP contribution in [-0.2, 0) is 6.54 Å². The van der Waals surface area contributed by atoms with Gasteiger partial charge in [0.25, 0.3) is 0 Å². The van der Waals surface area contributed by atoms with Gasteiger partial charge < -0.3 is 5.32 Å². The second-order valence-electron chi connectivity index (χ2n) is 4.96. The molecule has 1 aromatic heterocycles. The van der Waals surface area contributed by atoms with Crippen LogP contribution in [0.2, 0.25) is 5.02 Å². The van der Waals surface area contributed by atoms with Crippen LogP contribution >= 0.6 is 22.9 Å². The Morgan fingerprint density at radius 2 is 1.89 bits per heavy atom. The first-order chi connectivity index (χ1) is 8.59. The van der Waals surface area contributed by atoms with Crippen LogP contribution in [0.5, 0.6) is 0 Å². The minimum Gasteiger partial charge on any atom is -0.307 e. The maximum absolute atomic E-state index is 6.44. The third-order valence-corrected chi connectivity index (χ3v) is 5.55. The van der Waals surface area contributed by atoms with E-state index in [0.29, 0.717) is 0 Å². The van der Waals surface area contributed by atoms with Gasteiger partial charge in [0, 0.05) is 27.0 Å². The van der Waals surface area contributed by atoms with E-state index in [2.05, 4.69) is 44.3 Å². The van der Waals surface area contributed by atoms with Crippen molar-refractivity contribution in [2.75, 3.05) is 0 Å². The SMILES string of the molecule is CCC(C)(CC)NCc1sc2ccccc2c1Cl. The van der Waals surface area contributed by atoms with Crippen LogP contribution in [-0.4, -0.2) is 5.54 Å². The Morgan fingerprint density at radius 3 is 2.50 bits per heavy atom. The molecule has 1 heterocycles. The Kier molecular flexibility index (Phi) is 4.31. The minimum atomic E-state index is 0.208. The van der Waals surface area contributed by atoms with E-state index < -0.39 is 0 Å². The van der Waals surface area contributed by atoms with Gasteiger partial charge in [-0.1, -0.05) is 43.6 Å². The third-order valence-electron chi connectivity index (χ3n) is 3.84. The summed E-state index contributed by atoms with van der Waals surface area (Å²) in [5, 5.41) is 5.73. The third kappa shape index (κ3) is 2.71. The van der Waals surface area contributed by atoms with Gasteiger partial charge >= 0.3 is 0 Å². The van der Waals surface area contributed by atoms with Crippen molar-refractivity contribution in [1.82, 2.24) is 5.32 Å². The predicted octanol–water partition coefficient (Wildman–Crippen LogP) is 5.22. The summed E-state index contributed by atoms with van der Waals surface area (Å²) in [6.45, 7) is 7.58. The first-order valence-corrected chi connectivity index (χ1v) is 7.70. The quantitative estimate of drug-likeness (QED) is 0.792. The second kappa shape index (κ2) is 5.60. The van der Waals surface area contributed by atoms with Crippen molar-refractivity contribution in [3.05, 3.63) is 34.2 Å². The zero-order valence-electron chi connectivity index (χ0n) is 11.2. The summed E-state index contributed by atoms with van der Waals surface area (Å²) in [4.78, 5) is 1.24. The predicted molar refractivity (Wildman–Crippen MR) is 82.7 cm³/mol. The summed E-state index contributed by atoms with van der Waals surface area (Å²) in [6.07, 6.45) is 2.26. The number of hydrogen-bond donors (Lipinski definition) is 1. The number of hydrogen-bond acceptors (Lipinski definition) is 2. The van der Waals surface area contributed by atoms with E-state index in [1.807, 2.05) is 6.07 Å². The summed E-state index contributed by atoms with van der Waals surface area (Å²) < 4.78 is 1.27. The lowest BCUT2D eigenvalue weighted by molar-refractivity contribution is 0.330. The Bertz CT molecular complexity index is 528. The van der Waals surface area contributed by atoms with Crippen LogP contribution in [0.1, 0.15) is 38.5 Å². The summed E-state index contributed by atoms with van der Waals surface area (Å²) in [6, 6.07) is 8.33. The second-order valence-corrected chi connectivity index (χ2v) is 6.47. The smallest absolute Gasteiger partial charge is 0.0636 e. The van der Waals surface area contributed by atoms with Gasteiger partial charge in [0.1, 0.15) is 0 Å². The fourth-order valence-corrected chi connectivity index (χ4v) is 3.41. The van der Waals surface area contributed by atoms with Crippen molar-refractivity contribution in [3.63, 3.8) is 0 Å². The molecule has 0 aliphatic carbocycles. The molecule has 1 N–H and O–H groups in total. The molecule has 1 aromatic carbocycles. The van der Waals surface area contributed by atoms with Crippen LogP contribution in [0.25, 0.3) is 10.1 Å². The van der Waals surface area contributed by atoms with Gasteiger partial charge in [0.05, 0.1) is 5.02 Å². The first kappa shape index (κ1) is 13.9. The molecule has 0 aliphatic heterocycles. The highest BCUT2D eigenvalue weighted by Gasteiger charge is 2.19. The van der Waals surface area contributed by atoms with Crippen LogP contribution in [0.4, 0.5) is 0 Å². The van der Waals surface area contributed by atoms with E-state index >= 15 is 0 Å². The van der Waals surface area contributed by atoms with Crippen LogP contribution in [0.3, 0.4) is 0 Å². The van der Waals surface area contributed by atoms with E-state index in [1.54, 1.807) is 11.3 Å². The van der Waals surface area contributed by atoms with E-state index in [1.165, 1.54) is 15.0 Å². The van der Waals surface area contributed by atoms with Crippen molar-refractivity contribution < 1.29 is 0 Å². The molecule has 1 nitrogen and oxygen atoms in total. The maximum atomic E-state index is 6.44. The van der Waals surface area contributed by atoms with Crippen molar-refractivity contribution in [3.8, 4) is 0 Å². The molecule has 0 amide bonds. The molecule has 0 saturated heterocycles. The summed E-state index contributed by atoms with van der Waals surface area (Å²) in [7, 11) is 0. The summed E-state index contributed by atoms with van der Waals surface area (Å²) in [5.41, 5.74) is 0.208. The monoisotopic (exact) mass is 281 g/mol. The average molecular weight is 282 g/mol. The standard InChI is InChI=1S/C15H20ClNS/c1-4-15(3,5-2)17-10-13-14(16)11-8-6-7-9-12(11)18-13/h6-9,17H,4-5,10H2,1-3H3. The molecule has 0 aliphatic rings. The van der Waals surface area contributed by atoms with Crippen LogP contribution in [0.15, 0.2) is 24.3 Å². The largest absolute Gasteiger partial charge is 0.307 e.